The molecule has 146 valence electrons. The number of rotatable bonds is 5. The zero-order valence-electron chi connectivity index (χ0n) is 15.4. The average Bonchev–Trinajstić information content (AvgIpc) is 3.38. The van der Waals surface area contributed by atoms with Crippen LogP contribution in [0.4, 0.5) is 11.6 Å². The van der Waals surface area contributed by atoms with E-state index in [9.17, 15) is 14.7 Å². The van der Waals surface area contributed by atoms with Gasteiger partial charge in [-0.05, 0) is 18.6 Å². The maximum absolute atomic E-state index is 12.5. The molecule has 11 nitrogen and oxygen atoms in total. The van der Waals surface area contributed by atoms with Gasteiger partial charge in [-0.3, -0.25) is 9.48 Å². The summed E-state index contributed by atoms with van der Waals surface area (Å²) in [5.41, 5.74) is 0.906. The molecule has 28 heavy (non-hydrogen) atoms. The van der Waals surface area contributed by atoms with Crippen LogP contribution in [0, 0.1) is 0 Å². The second-order valence-corrected chi connectivity index (χ2v) is 6.51. The second-order valence-electron chi connectivity index (χ2n) is 6.51. The van der Waals surface area contributed by atoms with Gasteiger partial charge in [0.15, 0.2) is 5.65 Å². The average molecular weight is 385 g/mol. The molecule has 1 aliphatic heterocycles. The summed E-state index contributed by atoms with van der Waals surface area (Å²) in [7, 11) is 3.20. The maximum atomic E-state index is 12.5. The normalized spacial score (nSPS) is 16.6. The zero-order chi connectivity index (χ0) is 19.8. The third kappa shape index (κ3) is 3.16. The molecular formula is C17H19N7O4. The van der Waals surface area contributed by atoms with Crippen molar-refractivity contribution >= 4 is 29.2 Å². The SMILES string of the molecule is COC1CCN(c2nc3ccc(NC(=O)c4c(C(=O)O)cnn4C)cn3n2)C1. The fourth-order valence-electron chi connectivity index (χ4n) is 3.24. The van der Waals surface area contributed by atoms with E-state index in [2.05, 4.69) is 20.5 Å². The number of amides is 1. The highest BCUT2D eigenvalue weighted by Crippen LogP contribution is 2.20. The molecule has 4 heterocycles. The van der Waals surface area contributed by atoms with Crippen LogP contribution in [0.15, 0.2) is 24.5 Å². The molecule has 1 unspecified atom stereocenters. The number of hydrogen-bond acceptors (Lipinski definition) is 7. The fraction of sp³-hybridized carbons (Fsp3) is 0.353. The first kappa shape index (κ1) is 17.9. The van der Waals surface area contributed by atoms with Crippen LogP contribution in [-0.4, -0.2) is 67.7 Å². The number of anilines is 2. The zero-order valence-corrected chi connectivity index (χ0v) is 15.4. The Morgan fingerprint density at radius 1 is 1.36 bits per heavy atom. The molecule has 1 atom stereocenters. The van der Waals surface area contributed by atoms with Gasteiger partial charge in [-0.25, -0.2) is 9.31 Å². The Hall–Kier alpha value is -3.47. The Labute approximate surface area is 159 Å². The molecule has 3 aromatic rings. The molecule has 0 radical (unpaired) electrons. The molecule has 0 spiro atoms. The van der Waals surface area contributed by atoms with Crippen molar-refractivity contribution in [3.8, 4) is 0 Å². The standard InChI is InChI=1S/C17H19N7O4/c1-22-14(12(7-18-22)16(26)27)15(25)19-10-3-4-13-20-17(21-24(13)8-10)23-6-5-11(9-23)28-2/h3-4,7-8,11H,5-6,9H2,1-2H3,(H,19,25)(H,26,27). The maximum Gasteiger partial charge on any atom is 0.339 e. The second kappa shape index (κ2) is 6.93. The number of aromatic carboxylic acids is 1. The van der Waals surface area contributed by atoms with Crippen LogP contribution in [-0.2, 0) is 11.8 Å². The van der Waals surface area contributed by atoms with Gasteiger partial charge in [0.2, 0.25) is 5.95 Å². The van der Waals surface area contributed by atoms with Crippen LogP contribution >= 0.6 is 0 Å². The summed E-state index contributed by atoms with van der Waals surface area (Å²) in [6.45, 7) is 1.55. The molecule has 0 aromatic carbocycles. The molecule has 1 amide bonds. The summed E-state index contributed by atoms with van der Waals surface area (Å²) in [5, 5.41) is 20.2. The van der Waals surface area contributed by atoms with E-state index in [0.717, 1.165) is 25.7 Å². The molecule has 0 aliphatic carbocycles. The van der Waals surface area contributed by atoms with Crippen molar-refractivity contribution in [3.63, 3.8) is 0 Å². The molecule has 0 bridgehead atoms. The molecule has 3 aromatic heterocycles. The number of pyridine rings is 1. The van der Waals surface area contributed by atoms with Crippen molar-refractivity contribution in [3.05, 3.63) is 35.8 Å². The minimum absolute atomic E-state index is 0.0328. The molecule has 1 aliphatic rings. The van der Waals surface area contributed by atoms with Crippen molar-refractivity contribution in [2.45, 2.75) is 12.5 Å². The lowest BCUT2D eigenvalue weighted by molar-refractivity contribution is 0.0692. The highest BCUT2D eigenvalue weighted by atomic mass is 16.5. The summed E-state index contributed by atoms with van der Waals surface area (Å²) in [5.74, 6) is -1.18. The van der Waals surface area contributed by atoms with E-state index >= 15 is 0 Å². The molecule has 1 saturated heterocycles. The Morgan fingerprint density at radius 2 is 2.18 bits per heavy atom. The minimum atomic E-state index is -1.21. The van der Waals surface area contributed by atoms with E-state index in [4.69, 9.17) is 4.74 Å². The van der Waals surface area contributed by atoms with Gasteiger partial charge in [-0.15, -0.1) is 5.10 Å². The van der Waals surface area contributed by atoms with Crippen LogP contribution in [0.2, 0.25) is 0 Å². The summed E-state index contributed by atoms with van der Waals surface area (Å²) < 4.78 is 8.17. The van der Waals surface area contributed by atoms with Crippen LogP contribution in [0.25, 0.3) is 5.65 Å². The van der Waals surface area contributed by atoms with Gasteiger partial charge in [0.1, 0.15) is 11.3 Å². The van der Waals surface area contributed by atoms with Gasteiger partial charge in [0, 0.05) is 27.2 Å². The highest BCUT2D eigenvalue weighted by molar-refractivity contribution is 6.09. The monoisotopic (exact) mass is 385 g/mol. The van der Waals surface area contributed by atoms with Crippen LogP contribution < -0.4 is 10.2 Å². The number of carboxylic acids is 1. The van der Waals surface area contributed by atoms with E-state index in [-0.39, 0.29) is 17.4 Å². The quantitative estimate of drug-likeness (QED) is 0.655. The van der Waals surface area contributed by atoms with Gasteiger partial charge < -0.3 is 20.1 Å². The lowest BCUT2D eigenvalue weighted by Gasteiger charge is -2.12. The Morgan fingerprint density at radius 3 is 2.89 bits per heavy atom. The number of hydrogen-bond donors (Lipinski definition) is 2. The lowest BCUT2D eigenvalue weighted by Crippen LogP contribution is -2.23. The van der Waals surface area contributed by atoms with Crippen LogP contribution in [0.3, 0.4) is 0 Å². The topological polar surface area (TPSA) is 127 Å². The van der Waals surface area contributed by atoms with Gasteiger partial charge in [0.25, 0.3) is 5.91 Å². The third-order valence-electron chi connectivity index (χ3n) is 4.72. The molecule has 0 saturated carbocycles. The molecular weight excluding hydrogens is 366 g/mol. The number of carbonyl (C=O) groups is 2. The third-order valence-corrected chi connectivity index (χ3v) is 4.72. The number of carbonyl (C=O) groups excluding carboxylic acids is 1. The first-order chi connectivity index (χ1) is 13.5. The number of methoxy groups -OCH3 is 1. The van der Waals surface area contributed by atoms with Crippen LogP contribution in [0.5, 0.6) is 0 Å². The molecule has 1 fully saturated rings. The van der Waals surface area contributed by atoms with Crippen molar-refractivity contribution in [1.29, 1.82) is 0 Å². The summed E-state index contributed by atoms with van der Waals surface area (Å²) in [6, 6.07) is 3.42. The Balaban J connectivity index is 1.56. The Bertz CT molecular complexity index is 1060. The predicted octanol–water partition coefficient (Wildman–Crippen LogP) is 0.638. The van der Waals surface area contributed by atoms with E-state index in [1.54, 1.807) is 30.0 Å². The fourth-order valence-corrected chi connectivity index (χ4v) is 3.24. The summed E-state index contributed by atoms with van der Waals surface area (Å²) in [6.07, 6.45) is 3.87. The van der Waals surface area contributed by atoms with Gasteiger partial charge in [0.05, 0.1) is 24.2 Å². The summed E-state index contributed by atoms with van der Waals surface area (Å²) in [4.78, 5) is 30.4. The van der Waals surface area contributed by atoms with Crippen LogP contribution in [0.1, 0.15) is 27.3 Å². The Kier molecular flexibility index (Phi) is 4.43. The molecule has 2 N–H and O–H groups in total. The van der Waals surface area contributed by atoms with E-state index in [1.807, 2.05) is 4.90 Å². The number of carboxylic acid groups (broad SMARTS) is 1. The molecule has 11 heteroatoms. The van der Waals surface area contributed by atoms with E-state index < -0.39 is 11.9 Å². The van der Waals surface area contributed by atoms with Gasteiger partial charge in [-0.1, -0.05) is 0 Å². The number of fused-ring (bicyclic) bond motifs is 1. The minimum Gasteiger partial charge on any atom is -0.478 e. The van der Waals surface area contributed by atoms with Crippen molar-refractivity contribution in [2.24, 2.45) is 7.05 Å². The number of ether oxygens (including phenoxy) is 1. The lowest BCUT2D eigenvalue weighted by atomic mass is 10.2. The number of nitrogens with one attached hydrogen (secondary N) is 1. The highest BCUT2D eigenvalue weighted by Gasteiger charge is 2.25. The van der Waals surface area contributed by atoms with Crippen molar-refractivity contribution < 1.29 is 19.4 Å². The first-order valence-corrected chi connectivity index (χ1v) is 8.67. The van der Waals surface area contributed by atoms with Crippen molar-refractivity contribution in [2.75, 3.05) is 30.4 Å². The first-order valence-electron chi connectivity index (χ1n) is 8.67. The largest absolute Gasteiger partial charge is 0.478 e. The van der Waals surface area contributed by atoms with E-state index in [0.29, 0.717) is 17.3 Å². The molecule has 4 rings (SSSR count). The van der Waals surface area contributed by atoms with Gasteiger partial charge >= 0.3 is 5.97 Å². The van der Waals surface area contributed by atoms with E-state index in [1.165, 1.54) is 11.7 Å². The number of aromatic nitrogens is 5. The predicted molar refractivity (Wildman–Crippen MR) is 98.7 cm³/mol. The smallest absolute Gasteiger partial charge is 0.339 e. The van der Waals surface area contributed by atoms with Crippen molar-refractivity contribution in [1.82, 2.24) is 24.4 Å². The number of nitrogens with zero attached hydrogens (tertiary/aromatic N) is 6. The summed E-state index contributed by atoms with van der Waals surface area (Å²) >= 11 is 0. The number of aryl methyl sites for hydroxylation is 1. The van der Waals surface area contributed by atoms with Gasteiger partial charge in [-0.2, -0.15) is 10.1 Å².